The van der Waals surface area contributed by atoms with Gasteiger partial charge in [0.25, 0.3) is 0 Å². The Kier molecular flexibility index (Phi) is 3.72. The van der Waals surface area contributed by atoms with Gasteiger partial charge in [0.1, 0.15) is 18.2 Å². The largest absolute Gasteiger partial charge is 0.487 e. The van der Waals surface area contributed by atoms with Crippen molar-refractivity contribution >= 4 is 17.3 Å². The summed E-state index contributed by atoms with van der Waals surface area (Å²) in [5.74, 6) is 0.277. The van der Waals surface area contributed by atoms with Crippen molar-refractivity contribution in [3.05, 3.63) is 58.4 Å². The summed E-state index contributed by atoms with van der Waals surface area (Å²) in [5, 5.41) is 0.504. The number of nitrogen functional groups attached to an aromatic ring is 1. The van der Waals surface area contributed by atoms with Gasteiger partial charge in [-0.25, -0.2) is 4.39 Å². The zero-order chi connectivity index (χ0) is 13.1. The second kappa shape index (κ2) is 5.27. The van der Waals surface area contributed by atoms with Gasteiger partial charge in [0.05, 0.1) is 5.02 Å². The van der Waals surface area contributed by atoms with Crippen LogP contribution in [0.2, 0.25) is 5.02 Å². The summed E-state index contributed by atoms with van der Waals surface area (Å²) < 4.78 is 18.5. The maximum atomic E-state index is 12.9. The molecule has 0 bridgehead atoms. The Morgan fingerprint density at radius 3 is 2.72 bits per heavy atom. The van der Waals surface area contributed by atoms with Gasteiger partial charge in [-0.1, -0.05) is 17.7 Å². The van der Waals surface area contributed by atoms with Crippen LogP contribution < -0.4 is 10.5 Å². The molecule has 0 aliphatic heterocycles. The number of hydrogen-bond acceptors (Lipinski definition) is 2. The van der Waals surface area contributed by atoms with E-state index in [1.165, 1.54) is 12.1 Å². The lowest BCUT2D eigenvalue weighted by Crippen LogP contribution is -1.99. The zero-order valence-corrected chi connectivity index (χ0v) is 10.7. The van der Waals surface area contributed by atoms with Crippen LogP contribution in [-0.4, -0.2) is 0 Å². The normalized spacial score (nSPS) is 10.4. The number of halogens is 2. The topological polar surface area (TPSA) is 35.2 Å². The smallest absolute Gasteiger partial charge is 0.140 e. The minimum atomic E-state index is -0.252. The van der Waals surface area contributed by atoms with Crippen molar-refractivity contribution in [2.24, 2.45) is 0 Å². The summed E-state index contributed by atoms with van der Waals surface area (Å²) in [4.78, 5) is 0. The number of ether oxygens (including phenoxy) is 1. The maximum Gasteiger partial charge on any atom is 0.140 e. The van der Waals surface area contributed by atoms with Crippen LogP contribution in [0.25, 0.3) is 0 Å². The number of aryl methyl sites for hydroxylation is 1. The maximum absolute atomic E-state index is 12.9. The highest BCUT2D eigenvalue weighted by atomic mass is 35.5. The number of rotatable bonds is 3. The highest BCUT2D eigenvalue weighted by Gasteiger charge is 2.05. The Hall–Kier alpha value is -1.74. The molecule has 4 heteroatoms. The van der Waals surface area contributed by atoms with Crippen LogP contribution in [0.15, 0.2) is 36.4 Å². The van der Waals surface area contributed by atoms with Crippen LogP contribution in [0, 0.1) is 12.7 Å². The lowest BCUT2D eigenvalue weighted by atomic mass is 10.1. The van der Waals surface area contributed by atoms with E-state index in [4.69, 9.17) is 22.1 Å². The summed E-state index contributed by atoms with van der Waals surface area (Å²) in [7, 11) is 0. The first-order chi connectivity index (χ1) is 8.56. The average molecular weight is 266 g/mol. The van der Waals surface area contributed by atoms with E-state index in [1.54, 1.807) is 24.3 Å². The molecule has 2 aromatic rings. The lowest BCUT2D eigenvalue weighted by molar-refractivity contribution is 0.305. The summed E-state index contributed by atoms with van der Waals surface area (Å²) in [6.07, 6.45) is 0. The van der Waals surface area contributed by atoms with Gasteiger partial charge >= 0.3 is 0 Å². The molecule has 0 amide bonds. The molecule has 0 fully saturated rings. The Morgan fingerprint density at radius 1 is 1.22 bits per heavy atom. The van der Waals surface area contributed by atoms with Crippen molar-refractivity contribution in [1.82, 2.24) is 0 Å². The zero-order valence-electron chi connectivity index (χ0n) is 9.91. The van der Waals surface area contributed by atoms with E-state index in [2.05, 4.69) is 0 Å². The molecule has 0 saturated heterocycles. The fraction of sp³-hybridized carbons (Fsp3) is 0.143. The molecule has 0 saturated carbocycles. The highest BCUT2D eigenvalue weighted by Crippen LogP contribution is 2.27. The number of anilines is 1. The third-order valence-corrected chi connectivity index (χ3v) is 2.96. The fourth-order valence-electron chi connectivity index (χ4n) is 1.61. The quantitative estimate of drug-likeness (QED) is 0.853. The Balaban J connectivity index is 2.13. The van der Waals surface area contributed by atoms with Gasteiger partial charge in [0, 0.05) is 11.8 Å². The van der Waals surface area contributed by atoms with Crippen molar-refractivity contribution in [2.45, 2.75) is 13.5 Å². The van der Waals surface area contributed by atoms with Crippen molar-refractivity contribution < 1.29 is 9.13 Å². The predicted octanol–water partition coefficient (Wildman–Crippen LogP) is 3.95. The van der Waals surface area contributed by atoms with Gasteiger partial charge in [0.15, 0.2) is 0 Å². The second-order valence-electron chi connectivity index (χ2n) is 4.05. The molecule has 0 aliphatic rings. The summed E-state index contributed by atoms with van der Waals surface area (Å²) in [6, 6.07) is 9.64. The van der Waals surface area contributed by atoms with Crippen LogP contribution in [0.4, 0.5) is 10.1 Å². The molecule has 2 rings (SSSR count). The minimum Gasteiger partial charge on any atom is -0.487 e. The molecule has 0 spiro atoms. The van der Waals surface area contributed by atoms with Crippen molar-refractivity contribution in [3.8, 4) is 5.75 Å². The van der Waals surface area contributed by atoms with Crippen LogP contribution >= 0.6 is 11.6 Å². The van der Waals surface area contributed by atoms with E-state index >= 15 is 0 Å². The third-order valence-electron chi connectivity index (χ3n) is 2.64. The molecule has 94 valence electrons. The average Bonchev–Trinajstić information content (AvgIpc) is 2.32. The number of hydrogen-bond donors (Lipinski definition) is 1. The molecule has 2 aromatic carbocycles. The molecule has 2 nitrogen and oxygen atoms in total. The predicted molar refractivity (Wildman–Crippen MR) is 71.3 cm³/mol. The molecular weight excluding hydrogens is 253 g/mol. The van der Waals surface area contributed by atoms with Crippen molar-refractivity contribution in [2.75, 3.05) is 5.73 Å². The van der Waals surface area contributed by atoms with Gasteiger partial charge in [-0.3, -0.25) is 0 Å². The van der Waals surface area contributed by atoms with Gasteiger partial charge in [-0.2, -0.15) is 0 Å². The Bertz CT molecular complexity index is 572. The van der Waals surface area contributed by atoms with E-state index in [0.29, 0.717) is 23.1 Å². The molecule has 0 unspecified atom stereocenters. The van der Waals surface area contributed by atoms with E-state index in [1.807, 2.05) is 6.92 Å². The second-order valence-corrected chi connectivity index (χ2v) is 4.46. The Labute approximate surface area is 110 Å². The summed E-state index contributed by atoms with van der Waals surface area (Å²) in [5.41, 5.74) is 8.00. The molecule has 0 aromatic heterocycles. The molecular formula is C14H13ClFNO. The van der Waals surface area contributed by atoms with Gasteiger partial charge in [-0.05, 0) is 42.3 Å². The summed E-state index contributed by atoms with van der Waals surface area (Å²) in [6.45, 7) is 2.16. The Morgan fingerprint density at radius 2 is 2.00 bits per heavy atom. The first kappa shape index (κ1) is 12.7. The lowest BCUT2D eigenvalue weighted by Gasteiger charge is -2.10. The minimum absolute atomic E-state index is 0.252. The number of benzene rings is 2. The summed E-state index contributed by atoms with van der Waals surface area (Å²) >= 11 is 5.99. The monoisotopic (exact) mass is 265 g/mol. The first-order valence-electron chi connectivity index (χ1n) is 5.49. The molecule has 0 aliphatic carbocycles. The van der Waals surface area contributed by atoms with Crippen LogP contribution in [0.1, 0.15) is 11.1 Å². The molecule has 18 heavy (non-hydrogen) atoms. The number of nitrogens with two attached hydrogens (primary N) is 1. The molecule has 0 radical (unpaired) electrons. The van der Waals surface area contributed by atoms with Crippen molar-refractivity contribution in [3.63, 3.8) is 0 Å². The molecule has 0 heterocycles. The molecule has 2 N–H and O–H groups in total. The molecule has 0 atom stereocenters. The van der Waals surface area contributed by atoms with Crippen molar-refractivity contribution in [1.29, 1.82) is 0 Å². The SMILES string of the molecule is Cc1cc(F)ccc1COc1cc(N)ccc1Cl. The van der Waals surface area contributed by atoms with Gasteiger partial charge in [0.2, 0.25) is 0 Å². The van der Waals surface area contributed by atoms with Gasteiger partial charge in [-0.15, -0.1) is 0 Å². The van der Waals surface area contributed by atoms with E-state index in [9.17, 15) is 4.39 Å². The first-order valence-corrected chi connectivity index (χ1v) is 5.87. The van der Waals surface area contributed by atoms with Crippen LogP contribution in [0.3, 0.4) is 0 Å². The van der Waals surface area contributed by atoms with Crippen LogP contribution in [-0.2, 0) is 6.61 Å². The van der Waals surface area contributed by atoms with E-state index < -0.39 is 0 Å². The fourth-order valence-corrected chi connectivity index (χ4v) is 1.78. The highest BCUT2D eigenvalue weighted by molar-refractivity contribution is 6.32. The van der Waals surface area contributed by atoms with Crippen LogP contribution in [0.5, 0.6) is 5.75 Å². The van der Waals surface area contributed by atoms with E-state index in [0.717, 1.165) is 11.1 Å². The van der Waals surface area contributed by atoms with Gasteiger partial charge < -0.3 is 10.5 Å². The third kappa shape index (κ3) is 2.93. The standard InChI is InChI=1S/C14H13ClFNO/c1-9-6-11(16)3-2-10(9)8-18-14-7-12(17)4-5-13(14)15/h2-7H,8,17H2,1H3. The van der Waals surface area contributed by atoms with E-state index in [-0.39, 0.29) is 5.82 Å².